The molecule has 0 aromatic carbocycles. The Labute approximate surface area is 69.2 Å². The summed E-state index contributed by atoms with van der Waals surface area (Å²) in [6.45, 7) is 6.73. The maximum absolute atomic E-state index is 4.44. The normalized spacial score (nSPS) is 29.8. The molecule has 1 aliphatic heterocycles. The van der Waals surface area contributed by atoms with Crippen molar-refractivity contribution in [1.82, 2.24) is 0 Å². The summed E-state index contributed by atoms with van der Waals surface area (Å²) >= 11 is 0. The summed E-state index contributed by atoms with van der Waals surface area (Å²) < 4.78 is 0. The van der Waals surface area contributed by atoms with Crippen LogP contribution in [0.25, 0.3) is 0 Å². The van der Waals surface area contributed by atoms with E-state index in [9.17, 15) is 0 Å². The summed E-state index contributed by atoms with van der Waals surface area (Å²) in [7, 11) is 0. The van der Waals surface area contributed by atoms with E-state index in [1.54, 1.807) is 0 Å². The van der Waals surface area contributed by atoms with Gasteiger partial charge in [0.05, 0.1) is 6.04 Å². The summed E-state index contributed by atoms with van der Waals surface area (Å²) in [6.07, 6.45) is 7.43. The van der Waals surface area contributed by atoms with Gasteiger partial charge in [0.2, 0.25) is 0 Å². The van der Waals surface area contributed by atoms with Crippen LogP contribution < -0.4 is 0 Å². The minimum absolute atomic E-state index is 0.528. The lowest BCUT2D eigenvalue weighted by Gasteiger charge is -2.25. The molecule has 0 N–H and O–H groups in total. The van der Waals surface area contributed by atoms with Crippen LogP contribution >= 0.6 is 0 Å². The van der Waals surface area contributed by atoms with E-state index >= 15 is 0 Å². The van der Waals surface area contributed by atoms with Crippen LogP contribution in [0.5, 0.6) is 0 Å². The highest BCUT2D eigenvalue weighted by Gasteiger charge is 2.20. The van der Waals surface area contributed by atoms with E-state index in [2.05, 4.69) is 37.9 Å². The number of allylic oxidation sites excluding steroid dienone is 1. The van der Waals surface area contributed by atoms with E-state index in [1.165, 1.54) is 0 Å². The highest BCUT2D eigenvalue weighted by atomic mass is 14.8. The Kier molecular flexibility index (Phi) is 2.86. The first kappa shape index (κ1) is 8.51. The molecule has 0 bridgehead atoms. The molecular weight excluding hydrogens is 134 g/mol. The predicted octanol–water partition coefficient (Wildman–Crippen LogP) is 2.68. The number of aliphatic imine (C=N–C) groups is 1. The Hall–Kier alpha value is -0.590. The molecule has 1 nitrogen and oxygen atoms in total. The molecule has 0 spiro atoms. The zero-order valence-electron chi connectivity index (χ0n) is 7.62. The van der Waals surface area contributed by atoms with Gasteiger partial charge in [-0.1, -0.05) is 26.8 Å². The van der Waals surface area contributed by atoms with Crippen molar-refractivity contribution in [2.75, 3.05) is 0 Å². The van der Waals surface area contributed by atoms with Crippen molar-refractivity contribution >= 4 is 6.21 Å². The van der Waals surface area contributed by atoms with Gasteiger partial charge in [-0.3, -0.25) is 4.99 Å². The average molecular weight is 151 g/mol. The minimum atomic E-state index is 0.528. The van der Waals surface area contributed by atoms with Gasteiger partial charge in [-0.2, -0.15) is 0 Å². The Morgan fingerprint density at radius 2 is 2.18 bits per heavy atom. The fourth-order valence-electron chi connectivity index (χ4n) is 1.61. The first-order chi connectivity index (χ1) is 5.25. The van der Waals surface area contributed by atoms with E-state index in [4.69, 9.17) is 0 Å². The van der Waals surface area contributed by atoms with Crippen LogP contribution in [0, 0.1) is 11.8 Å². The Morgan fingerprint density at radius 3 is 2.64 bits per heavy atom. The molecule has 1 heteroatoms. The van der Waals surface area contributed by atoms with Crippen LogP contribution in [0.1, 0.15) is 27.2 Å². The monoisotopic (exact) mass is 151 g/mol. The van der Waals surface area contributed by atoms with Crippen LogP contribution in [0.4, 0.5) is 0 Å². The summed E-state index contributed by atoms with van der Waals surface area (Å²) in [5.74, 6) is 1.37. The molecule has 0 aliphatic carbocycles. The van der Waals surface area contributed by atoms with Crippen LogP contribution in [-0.2, 0) is 0 Å². The lowest BCUT2D eigenvalue weighted by atomic mass is 9.86. The predicted molar refractivity (Wildman–Crippen MR) is 50.0 cm³/mol. The molecule has 2 unspecified atom stereocenters. The van der Waals surface area contributed by atoms with Gasteiger partial charge < -0.3 is 0 Å². The molecule has 0 saturated carbocycles. The first-order valence-corrected chi connectivity index (χ1v) is 4.45. The summed E-state index contributed by atoms with van der Waals surface area (Å²) in [4.78, 5) is 4.44. The third kappa shape index (κ3) is 1.92. The smallest absolute Gasteiger partial charge is 0.0562 e. The molecule has 0 aromatic rings. The molecule has 11 heavy (non-hydrogen) atoms. The molecule has 62 valence electrons. The van der Waals surface area contributed by atoms with Gasteiger partial charge in [0, 0.05) is 12.1 Å². The number of hydrogen-bond acceptors (Lipinski definition) is 1. The van der Waals surface area contributed by atoms with Crippen molar-refractivity contribution in [3.05, 3.63) is 12.2 Å². The van der Waals surface area contributed by atoms with Crippen LogP contribution in [0.3, 0.4) is 0 Å². The maximum Gasteiger partial charge on any atom is 0.0562 e. The Bertz CT molecular complexity index is 168. The number of hydrogen-bond donors (Lipinski definition) is 0. The van der Waals surface area contributed by atoms with E-state index < -0.39 is 0 Å². The molecule has 0 amide bonds. The van der Waals surface area contributed by atoms with Crippen molar-refractivity contribution in [3.8, 4) is 0 Å². The van der Waals surface area contributed by atoms with E-state index in [0.29, 0.717) is 17.9 Å². The van der Waals surface area contributed by atoms with Crippen molar-refractivity contribution in [3.63, 3.8) is 0 Å². The zero-order valence-corrected chi connectivity index (χ0v) is 7.62. The third-order valence-electron chi connectivity index (χ3n) is 2.33. The first-order valence-electron chi connectivity index (χ1n) is 4.45. The molecule has 1 aliphatic rings. The molecule has 0 saturated heterocycles. The molecule has 2 atom stereocenters. The van der Waals surface area contributed by atoms with Gasteiger partial charge in [-0.05, 0) is 18.4 Å². The molecule has 0 fully saturated rings. The second-order valence-electron chi connectivity index (χ2n) is 3.48. The van der Waals surface area contributed by atoms with Crippen molar-refractivity contribution in [2.24, 2.45) is 16.8 Å². The van der Waals surface area contributed by atoms with Gasteiger partial charge >= 0.3 is 0 Å². The lowest BCUT2D eigenvalue weighted by molar-refractivity contribution is 0.378. The Balaban J connectivity index is 2.63. The molecular formula is C10H17N. The standard InChI is InChI=1S/C10H17N/c1-4-10-9(8(2)3)6-5-7-11-10/h5-10H,4H2,1-3H3. The van der Waals surface area contributed by atoms with E-state index in [1.807, 2.05) is 6.21 Å². The third-order valence-corrected chi connectivity index (χ3v) is 2.33. The fraction of sp³-hybridized carbons (Fsp3) is 0.700. The Morgan fingerprint density at radius 1 is 1.45 bits per heavy atom. The van der Waals surface area contributed by atoms with E-state index in [0.717, 1.165) is 6.42 Å². The second-order valence-corrected chi connectivity index (χ2v) is 3.48. The van der Waals surface area contributed by atoms with Gasteiger partial charge in [0.1, 0.15) is 0 Å². The minimum Gasteiger partial charge on any atom is -0.289 e. The number of rotatable bonds is 2. The molecule has 1 heterocycles. The summed E-state index contributed by atoms with van der Waals surface area (Å²) in [6, 6.07) is 0.528. The zero-order chi connectivity index (χ0) is 8.27. The topological polar surface area (TPSA) is 12.4 Å². The lowest BCUT2D eigenvalue weighted by Crippen LogP contribution is -2.23. The molecule has 0 radical (unpaired) electrons. The number of nitrogens with zero attached hydrogens (tertiary/aromatic N) is 1. The summed E-state index contributed by atoms with van der Waals surface area (Å²) in [5.41, 5.74) is 0. The maximum atomic E-state index is 4.44. The average Bonchev–Trinajstić information content (AvgIpc) is 2.04. The van der Waals surface area contributed by atoms with Gasteiger partial charge in [0.25, 0.3) is 0 Å². The summed E-state index contributed by atoms with van der Waals surface area (Å²) in [5, 5.41) is 0. The van der Waals surface area contributed by atoms with Crippen LogP contribution in [-0.4, -0.2) is 12.3 Å². The highest BCUT2D eigenvalue weighted by Crippen LogP contribution is 2.23. The van der Waals surface area contributed by atoms with Gasteiger partial charge in [0.15, 0.2) is 0 Å². The second kappa shape index (κ2) is 3.70. The van der Waals surface area contributed by atoms with Crippen molar-refractivity contribution < 1.29 is 0 Å². The molecule has 0 aromatic heterocycles. The highest BCUT2D eigenvalue weighted by molar-refractivity contribution is 5.72. The van der Waals surface area contributed by atoms with Crippen molar-refractivity contribution in [2.45, 2.75) is 33.2 Å². The van der Waals surface area contributed by atoms with Crippen LogP contribution in [0.15, 0.2) is 17.1 Å². The quantitative estimate of drug-likeness (QED) is 0.575. The van der Waals surface area contributed by atoms with Crippen LogP contribution in [0.2, 0.25) is 0 Å². The number of dihydropyridines is 1. The van der Waals surface area contributed by atoms with Gasteiger partial charge in [-0.15, -0.1) is 0 Å². The molecule has 1 rings (SSSR count). The largest absolute Gasteiger partial charge is 0.289 e. The SMILES string of the molecule is CCC1N=CC=CC1C(C)C. The van der Waals surface area contributed by atoms with Gasteiger partial charge in [-0.25, -0.2) is 0 Å². The fourth-order valence-corrected chi connectivity index (χ4v) is 1.61. The van der Waals surface area contributed by atoms with E-state index in [-0.39, 0.29) is 0 Å². The van der Waals surface area contributed by atoms with Crippen molar-refractivity contribution in [1.29, 1.82) is 0 Å².